The summed E-state index contributed by atoms with van der Waals surface area (Å²) in [6.07, 6.45) is 2.18. The molecule has 0 spiro atoms. The topological polar surface area (TPSA) is 66.4 Å². The second-order valence-corrected chi connectivity index (χ2v) is 8.53. The quantitative estimate of drug-likeness (QED) is 0.683. The Hall–Kier alpha value is -0.400. The van der Waals surface area contributed by atoms with E-state index in [9.17, 15) is 9.59 Å². The molecule has 4 nitrogen and oxygen atoms in total. The maximum absolute atomic E-state index is 12.0. The Morgan fingerprint density at radius 1 is 1.35 bits per heavy atom. The number of carboxylic acid groups (broad SMARTS) is 1. The normalized spacial score (nSPS) is 13.8. The molecule has 0 fully saturated rings. The van der Waals surface area contributed by atoms with E-state index in [0.29, 0.717) is 12.0 Å². The molecule has 0 saturated carbocycles. The lowest BCUT2D eigenvalue weighted by atomic mass is 10.0. The highest BCUT2D eigenvalue weighted by molar-refractivity contribution is 9.12. The molecule has 0 aliphatic heterocycles. The molecule has 0 saturated heterocycles. The Labute approximate surface area is 139 Å². The summed E-state index contributed by atoms with van der Waals surface area (Å²) in [4.78, 5) is 22.7. The summed E-state index contributed by atoms with van der Waals surface area (Å²) in [5.41, 5.74) is 0.618. The SMILES string of the molecule is CC(CCCC(C)C(=O)O)NC(=O)c1cc(Br)sc1Br. The van der Waals surface area contributed by atoms with Crippen molar-refractivity contribution in [3.63, 3.8) is 0 Å². The second kappa shape index (κ2) is 8.14. The molecule has 2 atom stereocenters. The van der Waals surface area contributed by atoms with Crippen molar-refractivity contribution in [3.8, 4) is 0 Å². The third-order valence-corrected chi connectivity index (χ3v) is 5.31. The fourth-order valence-electron chi connectivity index (χ4n) is 1.72. The fourth-order valence-corrected chi connectivity index (χ4v) is 4.52. The third kappa shape index (κ3) is 5.54. The Bertz CT molecular complexity index is 490. The molecule has 20 heavy (non-hydrogen) atoms. The fraction of sp³-hybridized carbons (Fsp3) is 0.538. The van der Waals surface area contributed by atoms with Crippen molar-refractivity contribution in [2.75, 3.05) is 0 Å². The molecule has 1 aromatic rings. The van der Waals surface area contributed by atoms with Gasteiger partial charge in [0.1, 0.15) is 0 Å². The minimum atomic E-state index is -0.770. The highest BCUT2D eigenvalue weighted by Crippen LogP contribution is 2.31. The van der Waals surface area contributed by atoms with Crippen molar-refractivity contribution in [2.45, 2.75) is 39.2 Å². The number of carboxylic acids is 1. The summed E-state index contributed by atoms with van der Waals surface area (Å²) >= 11 is 8.16. The van der Waals surface area contributed by atoms with Crippen LogP contribution in [-0.4, -0.2) is 23.0 Å². The average Bonchev–Trinajstić information content (AvgIpc) is 2.68. The van der Waals surface area contributed by atoms with Gasteiger partial charge >= 0.3 is 5.97 Å². The minimum Gasteiger partial charge on any atom is -0.481 e. The van der Waals surface area contributed by atoms with Crippen molar-refractivity contribution in [1.29, 1.82) is 0 Å². The number of carbonyl (C=O) groups is 2. The van der Waals surface area contributed by atoms with Crippen molar-refractivity contribution in [2.24, 2.45) is 5.92 Å². The predicted octanol–water partition coefficient (Wildman–Crippen LogP) is 4.28. The standard InChI is InChI=1S/C13H17Br2NO3S/c1-7(13(18)19)4-3-5-8(2)16-12(17)9-6-10(14)20-11(9)15/h6-8H,3-5H2,1-2H3,(H,16,17)(H,18,19). The minimum absolute atomic E-state index is 0.0223. The zero-order chi connectivity index (χ0) is 15.3. The van der Waals surface area contributed by atoms with Crippen LogP contribution in [0.2, 0.25) is 0 Å². The molecule has 7 heteroatoms. The number of thiophene rings is 1. The number of halogens is 2. The van der Waals surface area contributed by atoms with Gasteiger partial charge in [-0.25, -0.2) is 0 Å². The lowest BCUT2D eigenvalue weighted by molar-refractivity contribution is -0.141. The number of hydrogen-bond acceptors (Lipinski definition) is 3. The zero-order valence-electron chi connectivity index (χ0n) is 11.3. The van der Waals surface area contributed by atoms with E-state index in [-0.39, 0.29) is 17.9 Å². The largest absolute Gasteiger partial charge is 0.481 e. The Balaban J connectivity index is 2.39. The molecule has 112 valence electrons. The van der Waals surface area contributed by atoms with Gasteiger partial charge in [-0.3, -0.25) is 9.59 Å². The van der Waals surface area contributed by atoms with Crippen LogP contribution in [0.1, 0.15) is 43.5 Å². The van der Waals surface area contributed by atoms with Gasteiger partial charge in [0.2, 0.25) is 0 Å². The zero-order valence-corrected chi connectivity index (χ0v) is 15.3. The van der Waals surface area contributed by atoms with Crippen molar-refractivity contribution in [3.05, 3.63) is 19.2 Å². The summed E-state index contributed by atoms with van der Waals surface area (Å²) in [7, 11) is 0. The van der Waals surface area contributed by atoms with Crippen LogP contribution < -0.4 is 5.32 Å². The Kier molecular flexibility index (Phi) is 7.19. The molecular formula is C13H17Br2NO3S. The monoisotopic (exact) mass is 425 g/mol. The van der Waals surface area contributed by atoms with E-state index < -0.39 is 5.97 Å². The first-order valence-corrected chi connectivity index (χ1v) is 8.70. The first kappa shape index (κ1) is 17.7. The predicted molar refractivity (Wildman–Crippen MR) is 87.3 cm³/mol. The van der Waals surface area contributed by atoms with Gasteiger partial charge < -0.3 is 10.4 Å². The molecule has 0 aromatic carbocycles. The van der Waals surface area contributed by atoms with E-state index >= 15 is 0 Å². The molecule has 0 radical (unpaired) electrons. The van der Waals surface area contributed by atoms with Crippen LogP contribution in [-0.2, 0) is 4.79 Å². The Morgan fingerprint density at radius 2 is 2.00 bits per heavy atom. The summed E-state index contributed by atoms with van der Waals surface area (Å²) in [6.45, 7) is 3.63. The molecule has 0 aliphatic rings. The molecule has 2 unspecified atom stereocenters. The first-order chi connectivity index (χ1) is 9.31. The van der Waals surface area contributed by atoms with Gasteiger partial charge in [-0.2, -0.15) is 0 Å². The number of amides is 1. The lowest BCUT2D eigenvalue weighted by Gasteiger charge is -2.14. The maximum atomic E-state index is 12.0. The van der Waals surface area contributed by atoms with E-state index in [2.05, 4.69) is 37.2 Å². The highest BCUT2D eigenvalue weighted by atomic mass is 79.9. The summed E-state index contributed by atoms with van der Waals surface area (Å²) in [5.74, 6) is -1.22. The van der Waals surface area contributed by atoms with Crippen LogP contribution >= 0.6 is 43.2 Å². The van der Waals surface area contributed by atoms with Gasteiger partial charge in [-0.05, 0) is 57.7 Å². The number of nitrogens with one attached hydrogen (secondary N) is 1. The summed E-state index contributed by atoms with van der Waals surface area (Å²) in [6, 6.07) is 1.80. The van der Waals surface area contributed by atoms with Gasteiger partial charge in [0.05, 0.1) is 19.1 Å². The van der Waals surface area contributed by atoms with Crippen LogP contribution in [0.3, 0.4) is 0 Å². The maximum Gasteiger partial charge on any atom is 0.306 e. The van der Waals surface area contributed by atoms with Crippen molar-refractivity contribution >= 4 is 55.1 Å². The van der Waals surface area contributed by atoms with Crippen LogP contribution in [0.15, 0.2) is 13.6 Å². The molecule has 0 aliphatic carbocycles. The van der Waals surface area contributed by atoms with E-state index in [1.807, 2.05) is 6.92 Å². The molecular weight excluding hydrogens is 410 g/mol. The molecule has 1 rings (SSSR count). The number of carbonyl (C=O) groups excluding carboxylic acids is 1. The van der Waals surface area contributed by atoms with Crippen LogP contribution in [0.5, 0.6) is 0 Å². The average molecular weight is 427 g/mol. The molecule has 1 heterocycles. The third-order valence-electron chi connectivity index (χ3n) is 2.97. The van der Waals surface area contributed by atoms with Gasteiger partial charge in [-0.1, -0.05) is 13.3 Å². The van der Waals surface area contributed by atoms with Crippen LogP contribution in [0.25, 0.3) is 0 Å². The van der Waals surface area contributed by atoms with Gasteiger partial charge in [-0.15, -0.1) is 11.3 Å². The van der Waals surface area contributed by atoms with E-state index in [4.69, 9.17) is 5.11 Å². The Morgan fingerprint density at radius 3 is 2.50 bits per heavy atom. The summed E-state index contributed by atoms with van der Waals surface area (Å²) in [5, 5.41) is 11.7. The van der Waals surface area contributed by atoms with Gasteiger partial charge in [0.25, 0.3) is 5.91 Å². The smallest absolute Gasteiger partial charge is 0.306 e. The van der Waals surface area contributed by atoms with Gasteiger partial charge in [0, 0.05) is 6.04 Å². The number of aliphatic carboxylic acids is 1. The lowest BCUT2D eigenvalue weighted by Crippen LogP contribution is -2.32. The van der Waals surface area contributed by atoms with E-state index in [0.717, 1.165) is 20.4 Å². The van der Waals surface area contributed by atoms with Crippen molar-refractivity contribution in [1.82, 2.24) is 5.32 Å². The molecule has 2 N–H and O–H groups in total. The molecule has 1 aromatic heterocycles. The molecule has 1 amide bonds. The first-order valence-electron chi connectivity index (χ1n) is 6.29. The second-order valence-electron chi connectivity index (χ2n) is 4.78. The van der Waals surface area contributed by atoms with Crippen LogP contribution in [0, 0.1) is 5.92 Å². The van der Waals surface area contributed by atoms with Crippen molar-refractivity contribution < 1.29 is 14.7 Å². The molecule has 0 bridgehead atoms. The number of hydrogen-bond donors (Lipinski definition) is 2. The van der Waals surface area contributed by atoms with Gasteiger partial charge in [0.15, 0.2) is 0 Å². The van der Waals surface area contributed by atoms with E-state index in [1.54, 1.807) is 13.0 Å². The number of rotatable bonds is 7. The van der Waals surface area contributed by atoms with E-state index in [1.165, 1.54) is 11.3 Å². The highest BCUT2D eigenvalue weighted by Gasteiger charge is 2.16. The van der Waals surface area contributed by atoms with Crippen LogP contribution in [0.4, 0.5) is 0 Å². The summed E-state index contributed by atoms with van der Waals surface area (Å²) < 4.78 is 1.70.